The quantitative estimate of drug-likeness (QED) is 0.677. The molecule has 3 saturated heterocycles. The van der Waals surface area contributed by atoms with Crippen molar-refractivity contribution < 1.29 is 17.4 Å². The molecule has 0 unspecified atom stereocenters. The Morgan fingerprint density at radius 3 is 2.00 bits per heavy atom. The molecule has 3 aliphatic heterocycles. The first kappa shape index (κ1) is 12.1. The molecule has 0 radical (unpaired) electrons. The maximum absolute atomic E-state index is 6.21. The summed E-state index contributed by atoms with van der Waals surface area (Å²) in [5.41, 5.74) is 0. The van der Waals surface area contributed by atoms with Crippen LogP contribution in [-0.2, 0) is 13.3 Å². The molecule has 3 aliphatic rings. The summed E-state index contributed by atoms with van der Waals surface area (Å²) in [5, 5.41) is 0. The van der Waals surface area contributed by atoms with Gasteiger partial charge in [0, 0.05) is 0 Å². The zero-order valence-corrected chi connectivity index (χ0v) is 12.0. The average Bonchev–Trinajstić information content (AvgIpc) is 2.75. The monoisotopic (exact) mass is 260 g/mol. The van der Waals surface area contributed by atoms with Gasteiger partial charge in [0.25, 0.3) is 0 Å². The molecule has 0 N–H and O–H groups in total. The van der Waals surface area contributed by atoms with E-state index in [0.29, 0.717) is 0 Å². The van der Waals surface area contributed by atoms with Gasteiger partial charge in [-0.05, 0) is 0 Å². The van der Waals surface area contributed by atoms with Gasteiger partial charge in [0.05, 0.1) is 0 Å². The van der Waals surface area contributed by atoms with Gasteiger partial charge in [-0.1, -0.05) is 0 Å². The number of rotatable bonds is 4. The Bertz CT molecular complexity index is 292. The maximum atomic E-state index is 6.21. The van der Waals surface area contributed by atoms with Gasteiger partial charge in [0.1, 0.15) is 0 Å². The van der Waals surface area contributed by atoms with E-state index in [1.165, 1.54) is 0 Å². The summed E-state index contributed by atoms with van der Waals surface area (Å²) in [6, 6.07) is 0.998. The summed E-state index contributed by atoms with van der Waals surface area (Å²) in [5.74, 6) is 0. The van der Waals surface area contributed by atoms with Gasteiger partial charge in [-0.25, -0.2) is 0 Å². The van der Waals surface area contributed by atoms with Gasteiger partial charge in [-0.15, -0.1) is 0 Å². The van der Waals surface area contributed by atoms with Crippen LogP contribution in [0, 0.1) is 0 Å². The van der Waals surface area contributed by atoms with E-state index < -0.39 is 8.24 Å². The van der Waals surface area contributed by atoms with Crippen LogP contribution in [0.25, 0.3) is 0 Å². The third kappa shape index (κ3) is 1.42. The molecular weight excluding hydrogens is 236 g/mol. The first-order valence-corrected chi connectivity index (χ1v) is 9.09. The van der Waals surface area contributed by atoms with E-state index >= 15 is 0 Å². The van der Waals surface area contributed by atoms with E-state index in [1.807, 2.05) is 0 Å². The van der Waals surface area contributed by atoms with Gasteiger partial charge < -0.3 is 0 Å². The Kier molecular flexibility index (Phi) is 2.67. The fourth-order valence-corrected chi connectivity index (χ4v) is 9.71. The van der Waals surface area contributed by atoms with Crippen LogP contribution in [-0.4, -0.2) is 77.4 Å². The van der Waals surface area contributed by atoms with E-state index in [-0.39, 0.29) is 0 Å². The standard InChI is InChI=1S/C11H24N2O3Si/c1-12(2)4-3-11-17-13(5-8-14-17,6-9-15-17)7-10-16-17/h3-11H2,1-2H3. The molecule has 0 aromatic rings. The van der Waals surface area contributed by atoms with Crippen molar-refractivity contribution in [3.05, 3.63) is 0 Å². The second kappa shape index (κ2) is 3.75. The molecule has 5 nitrogen and oxygen atoms in total. The van der Waals surface area contributed by atoms with E-state index in [4.69, 9.17) is 13.3 Å². The molecule has 0 aromatic carbocycles. The molecular formula is C11H24N2O3Si. The first-order valence-electron chi connectivity index (χ1n) is 6.71. The minimum atomic E-state index is -3.06. The molecule has 0 aromatic heterocycles. The van der Waals surface area contributed by atoms with Crippen LogP contribution < -0.4 is 0 Å². The number of hydrogen-bond acceptors (Lipinski definition) is 4. The molecule has 0 bridgehead atoms. The van der Waals surface area contributed by atoms with Crippen LogP contribution in [0.4, 0.5) is 0 Å². The van der Waals surface area contributed by atoms with Crippen LogP contribution in [0.1, 0.15) is 6.42 Å². The third-order valence-corrected chi connectivity index (χ3v) is 10.8. The predicted molar refractivity (Wildman–Crippen MR) is 66.4 cm³/mol. The Hall–Kier alpha value is 0.0169. The van der Waals surface area contributed by atoms with Gasteiger partial charge in [0.2, 0.25) is 0 Å². The number of hydrogen-bond donors (Lipinski definition) is 0. The Morgan fingerprint density at radius 2 is 1.53 bits per heavy atom. The van der Waals surface area contributed by atoms with Crippen LogP contribution in [0.2, 0.25) is 6.04 Å². The van der Waals surface area contributed by atoms with Crippen molar-refractivity contribution in [2.75, 3.05) is 60.1 Å². The topological polar surface area (TPSA) is 30.9 Å². The summed E-state index contributed by atoms with van der Waals surface area (Å²) < 4.78 is 19.7. The second-order valence-corrected chi connectivity index (χ2v) is 10.4. The van der Waals surface area contributed by atoms with Crippen LogP contribution >= 0.6 is 0 Å². The molecule has 0 saturated carbocycles. The Labute approximate surface area is 104 Å². The van der Waals surface area contributed by atoms with E-state index in [2.05, 4.69) is 19.0 Å². The van der Waals surface area contributed by atoms with Gasteiger partial charge in [-0.3, -0.25) is 0 Å². The normalized spacial score (nSPS) is 39.8. The second-order valence-electron chi connectivity index (χ2n) is 5.88. The summed E-state index contributed by atoms with van der Waals surface area (Å²) >= 11 is 0. The van der Waals surface area contributed by atoms with Crippen molar-refractivity contribution in [2.45, 2.75) is 12.5 Å². The molecule has 0 aliphatic carbocycles. The van der Waals surface area contributed by atoms with Crippen molar-refractivity contribution in [1.82, 2.24) is 4.90 Å². The van der Waals surface area contributed by atoms with Gasteiger partial charge in [-0.2, -0.15) is 0 Å². The first-order chi connectivity index (χ1) is 8.11. The van der Waals surface area contributed by atoms with Crippen molar-refractivity contribution in [3.8, 4) is 0 Å². The van der Waals surface area contributed by atoms with Crippen molar-refractivity contribution >= 4 is 8.24 Å². The van der Waals surface area contributed by atoms with E-state index in [1.54, 1.807) is 0 Å². The molecule has 0 spiro atoms. The summed E-state index contributed by atoms with van der Waals surface area (Å²) in [6.45, 7) is 6.89. The molecule has 17 heavy (non-hydrogen) atoms. The van der Waals surface area contributed by atoms with Crippen LogP contribution in [0.5, 0.6) is 0 Å². The molecule has 3 fully saturated rings. The van der Waals surface area contributed by atoms with Crippen molar-refractivity contribution in [2.24, 2.45) is 0 Å². The number of nitrogens with zero attached hydrogens (tertiary/aromatic N) is 2. The van der Waals surface area contributed by atoms with Crippen LogP contribution in [0.15, 0.2) is 0 Å². The van der Waals surface area contributed by atoms with Crippen molar-refractivity contribution in [1.29, 1.82) is 0 Å². The van der Waals surface area contributed by atoms with E-state index in [9.17, 15) is 0 Å². The molecule has 6 heteroatoms. The van der Waals surface area contributed by atoms with Crippen molar-refractivity contribution in [3.63, 3.8) is 0 Å². The van der Waals surface area contributed by atoms with Gasteiger partial charge in [0.15, 0.2) is 0 Å². The Morgan fingerprint density at radius 1 is 1.00 bits per heavy atom. The molecule has 3 rings (SSSR count). The summed E-state index contributed by atoms with van der Waals surface area (Å²) in [7, 11) is 1.17. The predicted octanol–water partition coefficient (Wildman–Crippen LogP) is 0.235. The SMILES string of the molecule is CN(C)CCC[Si-]123OCC[N+]1(CCO2)CCO3. The zero-order chi connectivity index (χ0) is 12.0. The third-order valence-electron chi connectivity index (χ3n) is 4.83. The van der Waals surface area contributed by atoms with Crippen LogP contribution in [0.3, 0.4) is 0 Å². The zero-order valence-electron chi connectivity index (χ0n) is 11.0. The molecule has 3 heterocycles. The fraction of sp³-hybridized carbons (Fsp3) is 1.00. The van der Waals surface area contributed by atoms with Gasteiger partial charge >= 0.3 is 103 Å². The number of quaternary nitrogens is 1. The Balaban J connectivity index is 1.81. The summed E-state index contributed by atoms with van der Waals surface area (Å²) in [6.07, 6.45) is 1.11. The van der Waals surface area contributed by atoms with E-state index in [0.717, 1.165) is 62.6 Å². The molecule has 100 valence electrons. The fourth-order valence-electron chi connectivity index (χ4n) is 3.93. The summed E-state index contributed by atoms with van der Waals surface area (Å²) in [4.78, 5) is 2.22. The average molecular weight is 260 g/mol. The minimum absolute atomic E-state index is 0.829. The molecule has 0 atom stereocenters. The molecule has 0 amide bonds.